The van der Waals surface area contributed by atoms with Gasteiger partial charge in [0.05, 0.1) is 31.0 Å². The zero-order valence-electron chi connectivity index (χ0n) is 16.6. The second kappa shape index (κ2) is 8.72. The number of nitrogens with zero attached hydrogens (tertiary/aromatic N) is 3. The number of para-hydroxylation sites is 1. The van der Waals surface area contributed by atoms with Crippen LogP contribution in [0.5, 0.6) is 6.01 Å². The van der Waals surface area contributed by atoms with E-state index in [9.17, 15) is 18.0 Å². The van der Waals surface area contributed by atoms with Crippen molar-refractivity contribution in [1.29, 1.82) is 0 Å². The van der Waals surface area contributed by atoms with Crippen LogP contribution in [-0.4, -0.2) is 21.5 Å². The number of aromatic nitrogens is 3. The Morgan fingerprint density at radius 2 is 1.90 bits per heavy atom. The molecular weight excluding hydrogens is 401 g/mol. The molecule has 1 heterocycles. The molecule has 3 rings (SSSR count). The Morgan fingerprint density at radius 3 is 2.60 bits per heavy atom. The summed E-state index contributed by atoms with van der Waals surface area (Å²) in [6.07, 6.45) is -4.41. The Balaban J connectivity index is 1.75. The van der Waals surface area contributed by atoms with E-state index in [4.69, 9.17) is 9.57 Å². The van der Waals surface area contributed by atoms with Crippen LogP contribution in [0.3, 0.4) is 0 Å². The maximum Gasteiger partial charge on any atom is 0.416 e. The normalized spacial score (nSPS) is 12.7. The third-order valence-electron chi connectivity index (χ3n) is 4.51. The highest BCUT2D eigenvalue weighted by Crippen LogP contribution is 2.30. The standard InChI is InChI=1S/C20H21F3N4O3/c1-13(14-8-6-9-16(11-14)20(21,22)23)25-30-12-15-7-4-5-10-17(15)27-18(29-3)24-26(2)19(27)28/h4-11,13,25H,12H2,1-3H3. The number of benzene rings is 2. The van der Waals surface area contributed by atoms with E-state index in [2.05, 4.69) is 10.6 Å². The third kappa shape index (κ3) is 4.55. The van der Waals surface area contributed by atoms with Gasteiger partial charge in [0.25, 0.3) is 0 Å². The van der Waals surface area contributed by atoms with Crippen LogP contribution < -0.4 is 15.9 Å². The zero-order chi connectivity index (χ0) is 21.9. The fourth-order valence-corrected chi connectivity index (χ4v) is 2.93. The van der Waals surface area contributed by atoms with Crippen LogP contribution in [0.25, 0.3) is 5.69 Å². The van der Waals surface area contributed by atoms with Crippen molar-refractivity contribution in [3.8, 4) is 11.7 Å². The number of hydroxylamine groups is 1. The van der Waals surface area contributed by atoms with Gasteiger partial charge in [-0.15, -0.1) is 5.10 Å². The predicted molar refractivity (Wildman–Crippen MR) is 103 cm³/mol. The molecule has 0 aliphatic heterocycles. The monoisotopic (exact) mass is 422 g/mol. The first kappa shape index (κ1) is 21.6. The molecule has 2 aromatic carbocycles. The summed E-state index contributed by atoms with van der Waals surface area (Å²) in [4.78, 5) is 17.9. The molecule has 7 nitrogen and oxygen atoms in total. The number of methoxy groups -OCH3 is 1. The van der Waals surface area contributed by atoms with Crippen molar-refractivity contribution in [3.05, 3.63) is 75.7 Å². The Hall–Kier alpha value is -3.11. The molecule has 0 saturated carbocycles. The summed E-state index contributed by atoms with van der Waals surface area (Å²) >= 11 is 0. The van der Waals surface area contributed by atoms with E-state index in [0.717, 1.165) is 16.8 Å². The van der Waals surface area contributed by atoms with Gasteiger partial charge in [0, 0.05) is 12.6 Å². The van der Waals surface area contributed by atoms with Crippen molar-refractivity contribution in [1.82, 2.24) is 19.8 Å². The quantitative estimate of drug-likeness (QED) is 0.591. The van der Waals surface area contributed by atoms with E-state index in [1.54, 1.807) is 37.3 Å². The van der Waals surface area contributed by atoms with E-state index in [1.807, 2.05) is 0 Å². The molecule has 10 heteroatoms. The number of halogens is 3. The highest BCUT2D eigenvalue weighted by Gasteiger charge is 2.30. The molecule has 1 aromatic heterocycles. The second-order valence-electron chi connectivity index (χ2n) is 6.61. The number of hydrogen-bond acceptors (Lipinski definition) is 5. The summed E-state index contributed by atoms with van der Waals surface area (Å²) in [7, 11) is 2.93. The summed E-state index contributed by atoms with van der Waals surface area (Å²) in [5, 5.41) is 4.02. The summed E-state index contributed by atoms with van der Waals surface area (Å²) in [5.41, 5.74) is 3.27. The van der Waals surface area contributed by atoms with Gasteiger partial charge in [-0.1, -0.05) is 30.3 Å². The van der Waals surface area contributed by atoms with Gasteiger partial charge in [-0.05, 0) is 30.7 Å². The molecule has 1 unspecified atom stereocenters. The van der Waals surface area contributed by atoms with Gasteiger partial charge in [0.1, 0.15) is 0 Å². The first-order valence-corrected chi connectivity index (χ1v) is 9.05. The number of rotatable bonds is 7. The van der Waals surface area contributed by atoms with E-state index >= 15 is 0 Å². The summed E-state index contributed by atoms with van der Waals surface area (Å²) in [6, 6.07) is 11.7. The maximum atomic E-state index is 12.9. The van der Waals surface area contributed by atoms with E-state index < -0.39 is 17.8 Å². The molecule has 0 spiro atoms. The predicted octanol–water partition coefficient (Wildman–Crippen LogP) is 3.38. The molecule has 0 radical (unpaired) electrons. The SMILES string of the molecule is COc1nn(C)c(=O)n1-c1ccccc1CONC(C)c1cccc(C(F)(F)F)c1. The van der Waals surface area contributed by atoms with Gasteiger partial charge in [-0.2, -0.15) is 18.7 Å². The highest BCUT2D eigenvalue weighted by molar-refractivity contribution is 5.42. The van der Waals surface area contributed by atoms with Crippen molar-refractivity contribution < 1.29 is 22.7 Å². The lowest BCUT2D eigenvalue weighted by Crippen LogP contribution is -2.23. The van der Waals surface area contributed by atoms with Crippen LogP contribution in [-0.2, 0) is 24.7 Å². The fourth-order valence-electron chi connectivity index (χ4n) is 2.93. The minimum absolute atomic E-state index is 0.0595. The number of nitrogens with one attached hydrogen (secondary N) is 1. The van der Waals surface area contributed by atoms with Crippen molar-refractivity contribution in [3.63, 3.8) is 0 Å². The van der Waals surface area contributed by atoms with Crippen LogP contribution in [0.1, 0.15) is 29.7 Å². The molecular formula is C20H21F3N4O3. The molecule has 0 amide bonds. The number of alkyl halides is 3. The van der Waals surface area contributed by atoms with Crippen LogP contribution in [0.2, 0.25) is 0 Å². The van der Waals surface area contributed by atoms with Crippen molar-refractivity contribution in [2.75, 3.05) is 7.11 Å². The van der Waals surface area contributed by atoms with E-state index in [1.165, 1.54) is 24.8 Å². The third-order valence-corrected chi connectivity index (χ3v) is 4.51. The molecule has 0 aliphatic carbocycles. The smallest absolute Gasteiger partial charge is 0.416 e. The lowest BCUT2D eigenvalue weighted by atomic mass is 10.1. The van der Waals surface area contributed by atoms with Gasteiger partial charge in [-0.3, -0.25) is 4.84 Å². The van der Waals surface area contributed by atoms with E-state index in [-0.39, 0.29) is 18.3 Å². The molecule has 0 fully saturated rings. The first-order chi connectivity index (χ1) is 14.2. The minimum Gasteiger partial charge on any atom is -0.467 e. The Morgan fingerprint density at radius 1 is 1.17 bits per heavy atom. The van der Waals surface area contributed by atoms with Crippen LogP contribution >= 0.6 is 0 Å². The molecule has 0 aliphatic rings. The first-order valence-electron chi connectivity index (χ1n) is 9.05. The lowest BCUT2D eigenvalue weighted by Gasteiger charge is -2.17. The Kier molecular flexibility index (Phi) is 6.28. The molecule has 30 heavy (non-hydrogen) atoms. The van der Waals surface area contributed by atoms with Gasteiger partial charge < -0.3 is 4.74 Å². The molecule has 1 N–H and O–H groups in total. The average molecular weight is 422 g/mol. The molecule has 3 aromatic rings. The van der Waals surface area contributed by atoms with Crippen molar-refractivity contribution in [2.45, 2.75) is 25.7 Å². The number of ether oxygens (including phenoxy) is 1. The van der Waals surface area contributed by atoms with Gasteiger partial charge in [0.15, 0.2) is 0 Å². The Labute approximate surface area is 170 Å². The zero-order valence-corrected chi connectivity index (χ0v) is 16.6. The minimum atomic E-state index is -4.41. The maximum absolute atomic E-state index is 12.9. The molecule has 0 saturated heterocycles. The average Bonchev–Trinajstić information content (AvgIpc) is 3.01. The molecule has 1 atom stereocenters. The molecule has 160 valence electrons. The largest absolute Gasteiger partial charge is 0.467 e. The van der Waals surface area contributed by atoms with Crippen molar-refractivity contribution in [2.24, 2.45) is 7.05 Å². The summed E-state index contributed by atoms with van der Waals surface area (Å²) < 4.78 is 46.4. The van der Waals surface area contributed by atoms with Crippen LogP contribution in [0.4, 0.5) is 13.2 Å². The number of aryl methyl sites for hydroxylation is 1. The van der Waals surface area contributed by atoms with Gasteiger partial charge in [0.2, 0.25) is 0 Å². The topological polar surface area (TPSA) is 70.3 Å². The van der Waals surface area contributed by atoms with Crippen LogP contribution in [0, 0.1) is 0 Å². The molecule has 0 bridgehead atoms. The number of hydrogen-bond donors (Lipinski definition) is 1. The van der Waals surface area contributed by atoms with Crippen molar-refractivity contribution >= 4 is 0 Å². The van der Waals surface area contributed by atoms with Crippen LogP contribution in [0.15, 0.2) is 53.3 Å². The highest BCUT2D eigenvalue weighted by atomic mass is 19.4. The summed E-state index contributed by atoms with van der Waals surface area (Å²) in [6.45, 7) is 1.75. The Bertz CT molecular complexity index is 1080. The van der Waals surface area contributed by atoms with Gasteiger partial charge in [-0.25, -0.2) is 14.0 Å². The summed E-state index contributed by atoms with van der Waals surface area (Å²) in [5.74, 6) is 0. The van der Waals surface area contributed by atoms with Gasteiger partial charge >= 0.3 is 17.9 Å². The fraction of sp³-hybridized carbons (Fsp3) is 0.300. The van der Waals surface area contributed by atoms with E-state index in [0.29, 0.717) is 16.8 Å². The lowest BCUT2D eigenvalue weighted by molar-refractivity contribution is -0.137. The second-order valence-corrected chi connectivity index (χ2v) is 6.61.